The Balaban J connectivity index is 0.00000361. The van der Waals surface area contributed by atoms with Gasteiger partial charge in [0.1, 0.15) is 0 Å². The van der Waals surface area contributed by atoms with E-state index in [1.165, 1.54) is 32.1 Å². The molecule has 1 unspecified atom stereocenters. The van der Waals surface area contributed by atoms with Crippen LogP contribution in [0.4, 0.5) is 0 Å². The van der Waals surface area contributed by atoms with E-state index in [0.717, 1.165) is 26.1 Å². The monoisotopic (exact) mass is 305 g/mol. The molecule has 20 heavy (non-hydrogen) atoms. The van der Waals surface area contributed by atoms with E-state index in [0.29, 0.717) is 12.5 Å². The summed E-state index contributed by atoms with van der Waals surface area (Å²) in [5.41, 5.74) is 6.00. The maximum atomic E-state index is 11.9. The highest BCUT2D eigenvalue weighted by Crippen LogP contribution is 2.26. The fourth-order valence-corrected chi connectivity index (χ4v) is 2.90. The molecular weight excluding hydrogens is 274 g/mol. The fraction of sp³-hybridized carbons (Fsp3) is 0.933. The molecule has 5 heteroatoms. The van der Waals surface area contributed by atoms with Crippen molar-refractivity contribution in [1.29, 1.82) is 0 Å². The van der Waals surface area contributed by atoms with Crippen LogP contribution >= 0.6 is 12.4 Å². The van der Waals surface area contributed by atoms with Crippen LogP contribution in [-0.4, -0.2) is 43.0 Å². The smallest absolute Gasteiger partial charge is 0.236 e. The zero-order valence-electron chi connectivity index (χ0n) is 13.1. The van der Waals surface area contributed by atoms with Gasteiger partial charge in [-0.05, 0) is 25.4 Å². The summed E-state index contributed by atoms with van der Waals surface area (Å²) in [4.78, 5) is 14.2. The van der Waals surface area contributed by atoms with Gasteiger partial charge in [0.25, 0.3) is 0 Å². The second-order valence-electron chi connectivity index (χ2n) is 5.66. The van der Waals surface area contributed by atoms with Gasteiger partial charge in [0.15, 0.2) is 0 Å². The molecule has 1 aliphatic rings. The van der Waals surface area contributed by atoms with Gasteiger partial charge >= 0.3 is 0 Å². The largest absolute Gasteiger partial charge is 0.353 e. The average molecular weight is 306 g/mol. The third kappa shape index (κ3) is 7.46. The highest BCUT2D eigenvalue weighted by Gasteiger charge is 2.20. The standard InChI is InChI=1S/C15H31N3O.ClH/c1-3-18(4-2)11-10-17-15(19)14(16)12-13-8-6-5-7-9-13;/h13-14H,3-12,16H2,1-2H3,(H,17,19);1H. The molecule has 1 amide bonds. The molecule has 0 spiro atoms. The molecule has 1 atom stereocenters. The third-order valence-corrected chi connectivity index (χ3v) is 4.27. The Morgan fingerprint density at radius 2 is 1.85 bits per heavy atom. The Bertz CT molecular complexity index is 254. The average Bonchev–Trinajstić information content (AvgIpc) is 2.44. The van der Waals surface area contributed by atoms with Crippen LogP contribution in [0, 0.1) is 5.92 Å². The lowest BCUT2D eigenvalue weighted by molar-refractivity contribution is -0.122. The van der Waals surface area contributed by atoms with Gasteiger partial charge < -0.3 is 16.0 Å². The fourth-order valence-electron chi connectivity index (χ4n) is 2.90. The molecule has 1 rings (SSSR count). The summed E-state index contributed by atoms with van der Waals surface area (Å²) in [5, 5.41) is 2.97. The Kier molecular flexibility index (Phi) is 11.2. The van der Waals surface area contributed by atoms with Crippen molar-refractivity contribution in [3.8, 4) is 0 Å². The van der Waals surface area contributed by atoms with Crippen molar-refractivity contribution in [1.82, 2.24) is 10.2 Å². The number of likely N-dealkylation sites (N-methyl/N-ethyl adjacent to an activating group) is 1. The molecule has 0 saturated heterocycles. The first-order chi connectivity index (χ1) is 9.17. The van der Waals surface area contributed by atoms with Crippen molar-refractivity contribution in [3.05, 3.63) is 0 Å². The van der Waals surface area contributed by atoms with Gasteiger partial charge in [-0.15, -0.1) is 12.4 Å². The number of hydrogen-bond donors (Lipinski definition) is 2. The zero-order valence-corrected chi connectivity index (χ0v) is 13.9. The van der Waals surface area contributed by atoms with E-state index in [-0.39, 0.29) is 24.4 Å². The maximum absolute atomic E-state index is 11.9. The number of carbonyl (C=O) groups excluding carboxylic acids is 1. The highest BCUT2D eigenvalue weighted by atomic mass is 35.5. The number of nitrogens with zero attached hydrogens (tertiary/aromatic N) is 1. The molecule has 0 aliphatic heterocycles. The number of amides is 1. The Labute approximate surface area is 130 Å². The van der Waals surface area contributed by atoms with E-state index in [4.69, 9.17) is 5.73 Å². The normalized spacial score (nSPS) is 17.6. The lowest BCUT2D eigenvalue weighted by Crippen LogP contribution is -2.44. The molecule has 0 bridgehead atoms. The molecule has 0 aromatic carbocycles. The van der Waals surface area contributed by atoms with Crippen molar-refractivity contribution in [2.75, 3.05) is 26.2 Å². The second-order valence-corrected chi connectivity index (χ2v) is 5.66. The van der Waals surface area contributed by atoms with Gasteiger partial charge in [-0.25, -0.2) is 0 Å². The lowest BCUT2D eigenvalue weighted by Gasteiger charge is -2.24. The summed E-state index contributed by atoms with van der Waals surface area (Å²) < 4.78 is 0. The van der Waals surface area contributed by atoms with Gasteiger partial charge in [-0.1, -0.05) is 46.0 Å². The van der Waals surface area contributed by atoms with E-state index in [1.54, 1.807) is 0 Å². The van der Waals surface area contributed by atoms with Gasteiger partial charge in [0, 0.05) is 13.1 Å². The molecular formula is C15H32ClN3O. The molecule has 4 nitrogen and oxygen atoms in total. The number of rotatable bonds is 8. The van der Waals surface area contributed by atoms with Crippen LogP contribution in [0.15, 0.2) is 0 Å². The van der Waals surface area contributed by atoms with Crippen LogP contribution in [0.1, 0.15) is 52.4 Å². The van der Waals surface area contributed by atoms with E-state index >= 15 is 0 Å². The SMILES string of the molecule is CCN(CC)CCNC(=O)C(N)CC1CCCCC1.Cl. The second kappa shape index (κ2) is 11.4. The van der Waals surface area contributed by atoms with Crippen molar-refractivity contribution in [2.45, 2.75) is 58.4 Å². The first-order valence-corrected chi connectivity index (χ1v) is 7.93. The minimum atomic E-state index is -0.320. The van der Waals surface area contributed by atoms with Gasteiger partial charge in [0.2, 0.25) is 5.91 Å². The number of carbonyl (C=O) groups is 1. The summed E-state index contributed by atoms with van der Waals surface area (Å²) in [7, 11) is 0. The number of nitrogens with one attached hydrogen (secondary N) is 1. The molecule has 120 valence electrons. The summed E-state index contributed by atoms with van der Waals surface area (Å²) in [6, 6.07) is -0.320. The minimum Gasteiger partial charge on any atom is -0.353 e. The number of hydrogen-bond acceptors (Lipinski definition) is 3. The van der Waals surface area contributed by atoms with Gasteiger partial charge in [-0.2, -0.15) is 0 Å². The maximum Gasteiger partial charge on any atom is 0.236 e. The van der Waals surface area contributed by atoms with Crippen molar-refractivity contribution in [2.24, 2.45) is 11.7 Å². The van der Waals surface area contributed by atoms with Crippen LogP contribution in [0.2, 0.25) is 0 Å². The van der Waals surface area contributed by atoms with Crippen LogP contribution in [0.3, 0.4) is 0 Å². The summed E-state index contributed by atoms with van der Waals surface area (Å²) in [6.07, 6.45) is 7.32. The number of nitrogens with two attached hydrogens (primary N) is 1. The molecule has 3 N–H and O–H groups in total. The zero-order chi connectivity index (χ0) is 14.1. The predicted molar refractivity (Wildman–Crippen MR) is 87.2 cm³/mol. The minimum absolute atomic E-state index is 0. The number of halogens is 1. The van der Waals surface area contributed by atoms with E-state index in [2.05, 4.69) is 24.1 Å². The quantitative estimate of drug-likeness (QED) is 0.722. The van der Waals surface area contributed by atoms with Gasteiger partial charge in [-0.3, -0.25) is 4.79 Å². The van der Waals surface area contributed by atoms with Crippen LogP contribution in [-0.2, 0) is 4.79 Å². The van der Waals surface area contributed by atoms with Crippen molar-refractivity contribution in [3.63, 3.8) is 0 Å². The first kappa shape index (κ1) is 19.7. The first-order valence-electron chi connectivity index (χ1n) is 7.93. The molecule has 0 aromatic heterocycles. The van der Waals surface area contributed by atoms with E-state index in [1.807, 2.05) is 0 Å². The van der Waals surface area contributed by atoms with Crippen LogP contribution in [0.25, 0.3) is 0 Å². The Morgan fingerprint density at radius 3 is 2.40 bits per heavy atom. The molecule has 1 aliphatic carbocycles. The summed E-state index contributed by atoms with van der Waals surface area (Å²) >= 11 is 0. The topological polar surface area (TPSA) is 58.4 Å². The highest BCUT2D eigenvalue weighted by molar-refractivity contribution is 5.85. The summed E-state index contributed by atoms with van der Waals surface area (Å²) in [6.45, 7) is 7.95. The van der Waals surface area contributed by atoms with E-state index < -0.39 is 0 Å². The van der Waals surface area contributed by atoms with Crippen molar-refractivity contribution < 1.29 is 4.79 Å². The van der Waals surface area contributed by atoms with Crippen LogP contribution < -0.4 is 11.1 Å². The lowest BCUT2D eigenvalue weighted by atomic mass is 9.85. The molecule has 0 radical (unpaired) electrons. The Morgan fingerprint density at radius 1 is 1.25 bits per heavy atom. The molecule has 0 aromatic rings. The molecule has 1 saturated carbocycles. The van der Waals surface area contributed by atoms with Crippen molar-refractivity contribution >= 4 is 18.3 Å². The van der Waals surface area contributed by atoms with Gasteiger partial charge in [0.05, 0.1) is 6.04 Å². The van der Waals surface area contributed by atoms with E-state index in [9.17, 15) is 4.79 Å². The Hall–Kier alpha value is -0.320. The molecule has 0 heterocycles. The molecule has 1 fully saturated rings. The van der Waals surface area contributed by atoms with Crippen LogP contribution in [0.5, 0.6) is 0 Å². The summed E-state index contributed by atoms with van der Waals surface area (Å²) in [5.74, 6) is 0.690. The predicted octanol–water partition coefficient (Wildman–Crippen LogP) is 2.16. The third-order valence-electron chi connectivity index (χ3n) is 4.27.